The molecule has 0 aromatic heterocycles. The van der Waals surface area contributed by atoms with Gasteiger partial charge < -0.3 is 15.8 Å². The lowest BCUT2D eigenvalue weighted by atomic mass is 10.1. The summed E-state index contributed by atoms with van der Waals surface area (Å²) in [4.78, 5) is 11.8. The first-order valence-electron chi connectivity index (χ1n) is 5.85. The monoisotopic (exact) mass is 306 g/mol. The van der Waals surface area contributed by atoms with Gasteiger partial charge in [0.25, 0.3) is 0 Å². The molecule has 0 radical (unpaired) electrons. The number of amides is 1. The number of nitrogens with two attached hydrogens (primary N) is 1. The summed E-state index contributed by atoms with van der Waals surface area (Å²) in [5.41, 5.74) is 6.37. The summed E-state index contributed by atoms with van der Waals surface area (Å²) in [5.74, 6) is -0.0975. The molecule has 0 aliphatic carbocycles. The Balaban J connectivity index is 0.00000324. The number of ether oxygens (including phenoxy) is 1. The molecule has 0 saturated heterocycles. The Bertz CT molecular complexity index is 398. The number of halogens is 2. The maximum atomic E-state index is 11.8. The highest BCUT2D eigenvalue weighted by Gasteiger charge is 2.15. The summed E-state index contributed by atoms with van der Waals surface area (Å²) in [6.07, 6.45) is 0.00497. The minimum Gasteiger partial charge on any atom is -0.380 e. The average Bonchev–Trinajstić information content (AvgIpc) is 2.36. The fourth-order valence-electron chi connectivity index (χ4n) is 1.67. The average molecular weight is 307 g/mol. The van der Waals surface area contributed by atoms with Crippen molar-refractivity contribution in [3.05, 3.63) is 34.9 Å². The van der Waals surface area contributed by atoms with Crippen LogP contribution in [-0.4, -0.2) is 25.7 Å². The van der Waals surface area contributed by atoms with E-state index in [1.807, 2.05) is 25.1 Å². The van der Waals surface area contributed by atoms with Crippen LogP contribution in [0.5, 0.6) is 0 Å². The van der Waals surface area contributed by atoms with Crippen LogP contribution in [0, 0.1) is 0 Å². The van der Waals surface area contributed by atoms with Gasteiger partial charge in [-0.25, -0.2) is 0 Å². The van der Waals surface area contributed by atoms with E-state index in [-0.39, 0.29) is 36.9 Å². The molecule has 0 aliphatic rings. The van der Waals surface area contributed by atoms with Crippen LogP contribution in [0.15, 0.2) is 24.3 Å². The van der Waals surface area contributed by atoms with Gasteiger partial charge in [0.05, 0.1) is 18.6 Å². The van der Waals surface area contributed by atoms with E-state index in [0.29, 0.717) is 11.6 Å². The second kappa shape index (κ2) is 9.15. The van der Waals surface area contributed by atoms with E-state index < -0.39 is 0 Å². The highest BCUT2D eigenvalue weighted by Crippen LogP contribution is 2.22. The lowest BCUT2D eigenvalue weighted by Gasteiger charge is -2.18. The van der Waals surface area contributed by atoms with Crippen molar-refractivity contribution >= 4 is 29.9 Å². The highest BCUT2D eigenvalue weighted by atomic mass is 35.5. The smallest absolute Gasteiger partial charge is 0.223 e. The number of carbonyl (C=O) groups is 1. The summed E-state index contributed by atoms with van der Waals surface area (Å²) in [6.45, 7) is 2.22. The predicted octanol–water partition coefficient (Wildman–Crippen LogP) is 2.30. The van der Waals surface area contributed by atoms with E-state index in [0.717, 1.165) is 5.56 Å². The van der Waals surface area contributed by atoms with Gasteiger partial charge in [0.1, 0.15) is 0 Å². The van der Waals surface area contributed by atoms with Crippen molar-refractivity contribution in [3.63, 3.8) is 0 Å². The fourth-order valence-corrected chi connectivity index (χ4v) is 1.97. The van der Waals surface area contributed by atoms with Crippen molar-refractivity contribution in [1.29, 1.82) is 0 Å². The van der Waals surface area contributed by atoms with Crippen LogP contribution in [0.3, 0.4) is 0 Å². The van der Waals surface area contributed by atoms with Gasteiger partial charge in [-0.2, -0.15) is 0 Å². The molecule has 0 aliphatic heterocycles. The van der Waals surface area contributed by atoms with Crippen molar-refractivity contribution in [3.8, 4) is 0 Å². The largest absolute Gasteiger partial charge is 0.380 e. The zero-order valence-corrected chi connectivity index (χ0v) is 12.6. The second-order valence-electron chi connectivity index (χ2n) is 4.11. The summed E-state index contributed by atoms with van der Waals surface area (Å²) < 4.78 is 5.07. The van der Waals surface area contributed by atoms with Crippen LogP contribution in [0.1, 0.15) is 24.9 Å². The molecular formula is C13H20Cl2N2O2. The van der Waals surface area contributed by atoms with Gasteiger partial charge in [0.2, 0.25) is 5.91 Å². The SMILES string of the molecule is COC(CN)CC(=O)NC(C)c1ccccc1Cl.Cl. The van der Waals surface area contributed by atoms with Gasteiger partial charge in [-0.3, -0.25) is 4.79 Å². The Kier molecular flexibility index (Phi) is 8.76. The lowest BCUT2D eigenvalue weighted by Crippen LogP contribution is -2.33. The van der Waals surface area contributed by atoms with Gasteiger partial charge in [0, 0.05) is 18.7 Å². The normalized spacial score (nSPS) is 13.3. The predicted molar refractivity (Wildman–Crippen MR) is 79.7 cm³/mol. The summed E-state index contributed by atoms with van der Waals surface area (Å²) in [6, 6.07) is 7.31. The first-order valence-corrected chi connectivity index (χ1v) is 6.23. The molecule has 2 unspecified atom stereocenters. The lowest BCUT2D eigenvalue weighted by molar-refractivity contribution is -0.124. The molecule has 108 valence electrons. The summed E-state index contributed by atoms with van der Waals surface area (Å²) in [7, 11) is 1.54. The molecule has 1 amide bonds. The van der Waals surface area contributed by atoms with Gasteiger partial charge >= 0.3 is 0 Å². The third-order valence-corrected chi connectivity index (χ3v) is 3.10. The molecule has 4 nitrogen and oxygen atoms in total. The number of methoxy groups -OCH3 is 1. The molecule has 2 atom stereocenters. The third kappa shape index (κ3) is 5.78. The number of hydrogen-bond donors (Lipinski definition) is 2. The number of carbonyl (C=O) groups excluding carboxylic acids is 1. The van der Waals surface area contributed by atoms with Crippen LogP contribution in [0.2, 0.25) is 5.02 Å². The van der Waals surface area contributed by atoms with Crippen LogP contribution < -0.4 is 11.1 Å². The number of nitrogens with one attached hydrogen (secondary N) is 1. The van der Waals surface area contributed by atoms with Crippen LogP contribution >= 0.6 is 24.0 Å². The van der Waals surface area contributed by atoms with Crippen LogP contribution in [-0.2, 0) is 9.53 Å². The maximum Gasteiger partial charge on any atom is 0.223 e. The zero-order chi connectivity index (χ0) is 13.5. The standard InChI is InChI=1S/C13H19ClN2O2.ClH/c1-9(11-5-3-4-6-12(11)14)16-13(17)7-10(8-15)18-2;/h3-6,9-10H,7-8,15H2,1-2H3,(H,16,17);1H. The van der Waals surface area contributed by atoms with Crippen molar-refractivity contribution < 1.29 is 9.53 Å². The van der Waals surface area contributed by atoms with Crippen molar-refractivity contribution in [2.45, 2.75) is 25.5 Å². The number of hydrogen-bond acceptors (Lipinski definition) is 3. The molecule has 0 spiro atoms. The molecule has 1 rings (SSSR count). The van der Waals surface area contributed by atoms with E-state index in [2.05, 4.69) is 5.32 Å². The Labute approximate surface area is 125 Å². The first-order chi connectivity index (χ1) is 8.58. The minimum absolute atomic E-state index is 0. The molecule has 19 heavy (non-hydrogen) atoms. The third-order valence-electron chi connectivity index (χ3n) is 2.76. The Morgan fingerprint density at radius 2 is 2.11 bits per heavy atom. The Morgan fingerprint density at radius 1 is 1.47 bits per heavy atom. The van der Waals surface area contributed by atoms with Crippen LogP contribution in [0.25, 0.3) is 0 Å². The molecule has 1 aromatic carbocycles. The minimum atomic E-state index is -0.247. The van der Waals surface area contributed by atoms with E-state index in [4.69, 9.17) is 22.1 Å². The molecule has 1 aromatic rings. The molecule has 6 heteroatoms. The van der Waals surface area contributed by atoms with E-state index in [1.54, 1.807) is 13.2 Å². The topological polar surface area (TPSA) is 64.3 Å². The molecule has 0 saturated carbocycles. The first kappa shape index (κ1) is 18.2. The molecule has 3 N–H and O–H groups in total. The van der Waals surface area contributed by atoms with Crippen LogP contribution in [0.4, 0.5) is 0 Å². The zero-order valence-electron chi connectivity index (χ0n) is 11.1. The second-order valence-corrected chi connectivity index (χ2v) is 4.52. The van der Waals surface area contributed by atoms with E-state index >= 15 is 0 Å². The van der Waals surface area contributed by atoms with Gasteiger partial charge in [-0.1, -0.05) is 29.8 Å². The summed E-state index contributed by atoms with van der Waals surface area (Å²) in [5, 5.41) is 3.52. The number of benzene rings is 1. The highest BCUT2D eigenvalue weighted by molar-refractivity contribution is 6.31. The fraction of sp³-hybridized carbons (Fsp3) is 0.462. The molecule has 0 heterocycles. The molecule has 0 bridgehead atoms. The quantitative estimate of drug-likeness (QED) is 0.847. The van der Waals surface area contributed by atoms with Crippen molar-refractivity contribution in [2.24, 2.45) is 5.73 Å². The Hall–Kier alpha value is -0.810. The van der Waals surface area contributed by atoms with Crippen molar-refractivity contribution in [2.75, 3.05) is 13.7 Å². The van der Waals surface area contributed by atoms with E-state index in [1.165, 1.54) is 0 Å². The van der Waals surface area contributed by atoms with Crippen molar-refractivity contribution in [1.82, 2.24) is 5.32 Å². The Morgan fingerprint density at radius 3 is 2.63 bits per heavy atom. The number of rotatable bonds is 6. The van der Waals surface area contributed by atoms with Gasteiger partial charge in [-0.05, 0) is 18.6 Å². The van der Waals surface area contributed by atoms with Gasteiger partial charge in [0.15, 0.2) is 0 Å². The molecular weight excluding hydrogens is 287 g/mol. The van der Waals surface area contributed by atoms with Gasteiger partial charge in [-0.15, -0.1) is 12.4 Å². The van der Waals surface area contributed by atoms with E-state index in [9.17, 15) is 4.79 Å². The summed E-state index contributed by atoms with van der Waals surface area (Å²) >= 11 is 6.07. The maximum absolute atomic E-state index is 11.8. The molecule has 0 fully saturated rings.